The SMILES string of the molecule is Cc1c(NC(=O)Cn2c(S(C)(=O)=O)nc3ccccc32)cccc1[N+](=O)[O-]. The van der Waals surface area contributed by atoms with Crippen LogP contribution in [0.15, 0.2) is 47.6 Å². The first-order valence-corrected chi connectivity index (χ1v) is 9.77. The first kappa shape index (κ1) is 18.5. The minimum atomic E-state index is -3.66. The Morgan fingerprint density at radius 1 is 1.22 bits per heavy atom. The normalized spacial score (nSPS) is 11.5. The number of aromatic nitrogens is 2. The number of para-hydroxylation sites is 2. The van der Waals surface area contributed by atoms with Crippen molar-refractivity contribution >= 4 is 38.2 Å². The number of sulfone groups is 1. The number of hydrogen-bond acceptors (Lipinski definition) is 6. The van der Waals surface area contributed by atoms with Crippen molar-refractivity contribution in [2.45, 2.75) is 18.6 Å². The van der Waals surface area contributed by atoms with Gasteiger partial charge in [0.1, 0.15) is 6.54 Å². The Morgan fingerprint density at radius 2 is 1.93 bits per heavy atom. The average Bonchev–Trinajstić information content (AvgIpc) is 2.95. The molecule has 3 aromatic rings. The van der Waals surface area contributed by atoms with Crippen LogP contribution in [-0.4, -0.2) is 35.1 Å². The van der Waals surface area contributed by atoms with E-state index < -0.39 is 20.7 Å². The Labute approximate surface area is 154 Å². The zero-order valence-corrected chi connectivity index (χ0v) is 15.4. The predicted molar refractivity (Wildman–Crippen MR) is 99.3 cm³/mol. The van der Waals surface area contributed by atoms with Crippen LogP contribution in [0.4, 0.5) is 11.4 Å². The van der Waals surface area contributed by atoms with Crippen molar-refractivity contribution in [2.24, 2.45) is 0 Å². The molecule has 0 aliphatic carbocycles. The second kappa shape index (κ2) is 6.80. The lowest BCUT2D eigenvalue weighted by Crippen LogP contribution is -2.21. The topological polar surface area (TPSA) is 124 Å². The van der Waals surface area contributed by atoms with Crippen LogP contribution in [0.5, 0.6) is 0 Å². The highest BCUT2D eigenvalue weighted by atomic mass is 32.2. The monoisotopic (exact) mass is 388 g/mol. The van der Waals surface area contributed by atoms with Crippen LogP contribution in [-0.2, 0) is 21.2 Å². The Kier molecular flexibility index (Phi) is 4.66. The number of carbonyl (C=O) groups is 1. The summed E-state index contributed by atoms with van der Waals surface area (Å²) in [6.07, 6.45) is 1.02. The molecule has 3 rings (SSSR count). The van der Waals surface area contributed by atoms with Crippen molar-refractivity contribution < 1.29 is 18.1 Å². The minimum absolute atomic E-state index is 0.113. The summed E-state index contributed by atoms with van der Waals surface area (Å²) >= 11 is 0. The van der Waals surface area contributed by atoms with E-state index >= 15 is 0 Å². The molecule has 140 valence electrons. The van der Waals surface area contributed by atoms with Crippen LogP contribution in [0, 0.1) is 17.0 Å². The van der Waals surface area contributed by atoms with Crippen LogP contribution in [0.2, 0.25) is 0 Å². The zero-order valence-electron chi connectivity index (χ0n) is 14.5. The summed E-state index contributed by atoms with van der Waals surface area (Å²) in [5.74, 6) is -0.522. The number of nitrogens with zero attached hydrogens (tertiary/aromatic N) is 3. The molecule has 27 heavy (non-hydrogen) atoms. The predicted octanol–water partition coefficient (Wildman–Crippen LogP) is 2.30. The summed E-state index contributed by atoms with van der Waals surface area (Å²) in [4.78, 5) is 27.1. The fourth-order valence-corrected chi connectivity index (χ4v) is 3.61. The highest BCUT2D eigenvalue weighted by molar-refractivity contribution is 7.90. The molecule has 1 aromatic heterocycles. The number of fused-ring (bicyclic) bond motifs is 1. The number of nitro groups is 1. The molecule has 9 nitrogen and oxygen atoms in total. The zero-order chi connectivity index (χ0) is 19.8. The number of anilines is 1. The first-order valence-electron chi connectivity index (χ1n) is 7.87. The summed E-state index contributed by atoms with van der Waals surface area (Å²) in [7, 11) is -3.66. The molecule has 0 bridgehead atoms. The Morgan fingerprint density at radius 3 is 2.59 bits per heavy atom. The van der Waals surface area contributed by atoms with Gasteiger partial charge < -0.3 is 9.88 Å². The second-order valence-electron chi connectivity index (χ2n) is 6.00. The number of nitro benzene ring substituents is 1. The third-order valence-electron chi connectivity index (χ3n) is 4.03. The van der Waals surface area contributed by atoms with Crippen molar-refractivity contribution in [3.8, 4) is 0 Å². The van der Waals surface area contributed by atoms with Crippen molar-refractivity contribution in [3.63, 3.8) is 0 Å². The van der Waals surface area contributed by atoms with E-state index in [-0.39, 0.29) is 17.4 Å². The summed E-state index contributed by atoms with van der Waals surface area (Å²) in [5.41, 5.74) is 1.45. The highest BCUT2D eigenvalue weighted by Gasteiger charge is 2.22. The third kappa shape index (κ3) is 3.65. The van der Waals surface area contributed by atoms with Gasteiger partial charge in [0.2, 0.25) is 20.9 Å². The minimum Gasteiger partial charge on any atom is -0.324 e. The van der Waals surface area contributed by atoms with Crippen LogP contribution in [0.3, 0.4) is 0 Å². The molecule has 0 spiro atoms. The van der Waals surface area contributed by atoms with Gasteiger partial charge in [0, 0.05) is 12.3 Å². The van der Waals surface area contributed by atoms with Gasteiger partial charge >= 0.3 is 0 Å². The smallest absolute Gasteiger partial charge is 0.274 e. The van der Waals surface area contributed by atoms with E-state index in [1.165, 1.54) is 23.6 Å². The number of hydrogen-bond donors (Lipinski definition) is 1. The molecule has 1 amide bonds. The number of nitrogens with one attached hydrogen (secondary N) is 1. The maximum absolute atomic E-state index is 12.5. The van der Waals surface area contributed by atoms with Crippen LogP contribution in [0.25, 0.3) is 11.0 Å². The molecule has 10 heteroatoms. The van der Waals surface area contributed by atoms with Gasteiger partial charge in [-0.25, -0.2) is 13.4 Å². The van der Waals surface area contributed by atoms with Gasteiger partial charge in [-0.3, -0.25) is 14.9 Å². The van der Waals surface area contributed by atoms with Crippen molar-refractivity contribution in [2.75, 3.05) is 11.6 Å². The van der Waals surface area contributed by atoms with E-state index in [4.69, 9.17) is 0 Å². The number of rotatable bonds is 5. The molecule has 0 unspecified atom stereocenters. The van der Waals surface area contributed by atoms with E-state index in [1.807, 2.05) is 0 Å². The van der Waals surface area contributed by atoms with Crippen molar-refractivity contribution in [3.05, 3.63) is 58.1 Å². The lowest BCUT2D eigenvalue weighted by Gasteiger charge is -2.11. The number of carbonyl (C=O) groups excluding carboxylic acids is 1. The molecule has 0 aliphatic rings. The lowest BCUT2D eigenvalue weighted by atomic mass is 10.1. The van der Waals surface area contributed by atoms with Gasteiger partial charge in [-0.1, -0.05) is 18.2 Å². The van der Waals surface area contributed by atoms with Gasteiger partial charge in [0.15, 0.2) is 0 Å². The van der Waals surface area contributed by atoms with E-state index in [2.05, 4.69) is 10.3 Å². The summed E-state index contributed by atoms with van der Waals surface area (Å²) in [5, 5.41) is 13.4. The van der Waals surface area contributed by atoms with Crippen LogP contribution < -0.4 is 5.32 Å². The largest absolute Gasteiger partial charge is 0.324 e. The van der Waals surface area contributed by atoms with E-state index in [0.717, 1.165) is 6.26 Å². The fraction of sp³-hybridized carbons (Fsp3) is 0.176. The number of amides is 1. The first-order chi connectivity index (χ1) is 12.7. The van der Waals surface area contributed by atoms with Gasteiger partial charge in [0.25, 0.3) is 5.69 Å². The molecule has 2 aromatic carbocycles. The summed E-state index contributed by atoms with van der Waals surface area (Å²) < 4.78 is 25.4. The van der Waals surface area contributed by atoms with Crippen LogP contribution >= 0.6 is 0 Å². The molecule has 0 aliphatic heterocycles. The van der Waals surface area contributed by atoms with E-state index in [1.54, 1.807) is 30.3 Å². The van der Waals surface area contributed by atoms with Gasteiger partial charge in [-0.05, 0) is 25.1 Å². The molecule has 0 saturated carbocycles. The molecular formula is C17H16N4O5S. The lowest BCUT2D eigenvalue weighted by molar-refractivity contribution is -0.385. The highest BCUT2D eigenvalue weighted by Crippen LogP contribution is 2.25. The average molecular weight is 388 g/mol. The summed E-state index contributed by atoms with van der Waals surface area (Å²) in [6.45, 7) is 1.23. The summed E-state index contributed by atoms with van der Waals surface area (Å²) in [6, 6.07) is 11.1. The molecule has 0 atom stereocenters. The fourth-order valence-electron chi connectivity index (χ4n) is 2.78. The Bertz CT molecular complexity index is 1170. The maximum atomic E-state index is 12.5. The molecule has 0 saturated heterocycles. The second-order valence-corrected chi connectivity index (χ2v) is 7.91. The quantitative estimate of drug-likeness (QED) is 0.528. The van der Waals surface area contributed by atoms with Crippen molar-refractivity contribution in [1.29, 1.82) is 0 Å². The Balaban J connectivity index is 1.96. The molecule has 0 fully saturated rings. The van der Waals surface area contributed by atoms with Crippen LogP contribution in [0.1, 0.15) is 5.56 Å². The molecule has 1 N–H and O–H groups in total. The third-order valence-corrected chi connectivity index (χ3v) is 5.00. The number of benzene rings is 2. The molecule has 1 heterocycles. The Hall–Kier alpha value is -3.27. The van der Waals surface area contributed by atoms with E-state index in [9.17, 15) is 23.3 Å². The van der Waals surface area contributed by atoms with E-state index in [0.29, 0.717) is 22.3 Å². The number of imidazole rings is 1. The maximum Gasteiger partial charge on any atom is 0.274 e. The standard InChI is InChI=1S/C17H16N4O5S/c1-11-12(7-5-9-14(11)21(23)24)18-16(22)10-20-15-8-4-3-6-13(15)19-17(20)27(2,25)26/h3-9H,10H2,1-2H3,(H,18,22). The van der Waals surface area contributed by atoms with Crippen molar-refractivity contribution in [1.82, 2.24) is 9.55 Å². The van der Waals surface area contributed by atoms with Gasteiger partial charge in [-0.2, -0.15) is 0 Å². The van der Waals surface area contributed by atoms with Gasteiger partial charge in [0.05, 0.1) is 27.2 Å². The molecule has 0 radical (unpaired) electrons. The van der Waals surface area contributed by atoms with Gasteiger partial charge in [-0.15, -0.1) is 0 Å². The molecular weight excluding hydrogens is 372 g/mol.